The molecule has 0 aromatic rings. The van der Waals surface area contributed by atoms with Crippen LogP contribution in [-0.2, 0) is 0 Å². The van der Waals surface area contributed by atoms with E-state index in [1.54, 1.807) is 10.8 Å². The van der Waals surface area contributed by atoms with Crippen molar-refractivity contribution in [3.05, 3.63) is 0 Å². The number of unbranched alkanes of at least 4 members (excludes halogenated alkanes) is 1. The number of rotatable bonds is 4. The van der Waals surface area contributed by atoms with Gasteiger partial charge in [-0.15, -0.1) is 11.7 Å². The first-order valence-electron chi connectivity index (χ1n) is 3.82. The zero-order valence-corrected chi connectivity index (χ0v) is 8.89. The van der Waals surface area contributed by atoms with Crippen molar-refractivity contribution in [3.8, 4) is 0 Å². The third kappa shape index (κ3) is 8.70. The molecule has 0 atom stereocenters. The molecule has 0 unspecified atom stereocenters. The van der Waals surface area contributed by atoms with E-state index in [4.69, 9.17) is 0 Å². The molecule has 0 spiro atoms. The van der Waals surface area contributed by atoms with E-state index in [2.05, 4.69) is 32.4 Å². The molecule has 0 bridgehead atoms. The van der Waals surface area contributed by atoms with Crippen LogP contribution in [0, 0.1) is 5.41 Å². The van der Waals surface area contributed by atoms with Gasteiger partial charge in [0.1, 0.15) is 0 Å². The summed E-state index contributed by atoms with van der Waals surface area (Å²) in [6.45, 7) is 6.88. The van der Waals surface area contributed by atoms with Crippen molar-refractivity contribution in [1.82, 2.24) is 0 Å². The van der Waals surface area contributed by atoms with Crippen molar-refractivity contribution in [1.29, 1.82) is 0 Å². The second-order valence-corrected chi connectivity index (χ2v) is 5.29. The van der Waals surface area contributed by atoms with Crippen LogP contribution in [0.4, 0.5) is 0 Å². The van der Waals surface area contributed by atoms with E-state index in [0.29, 0.717) is 5.41 Å². The van der Waals surface area contributed by atoms with E-state index in [1.165, 1.54) is 25.0 Å². The Morgan fingerprint density at radius 1 is 1.20 bits per heavy atom. The lowest BCUT2D eigenvalue weighted by molar-refractivity contribution is 0.364. The zero-order chi connectivity index (χ0) is 8.04. The summed E-state index contributed by atoms with van der Waals surface area (Å²) >= 11 is 4.08. The van der Waals surface area contributed by atoms with Gasteiger partial charge >= 0.3 is 0 Å². The van der Waals surface area contributed by atoms with Gasteiger partial charge in [0.05, 0.1) is 0 Å². The van der Waals surface area contributed by atoms with Crippen LogP contribution in [0.15, 0.2) is 0 Å². The molecule has 0 nitrogen and oxygen atoms in total. The van der Waals surface area contributed by atoms with Crippen LogP contribution in [0.1, 0.15) is 40.0 Å². The largest absolute Gasteiger partial charge is 0.111 e. The van der Waals surface area contributed by atoms with E-state index in [0.717, 1.165) is 0 Å². The third-order valence-electron chi connectivity index (χ3n) is 1.41. The maximum atomic E-state index is 4.08. The van der Waals surface area contributed by atoms with Gasteiger partial charge in [-0.2, -0.15) is 0 Å². The number of hydrogen-bond donors (Lipinski definition) is 1. The first-order chi connectivity index (χ1) is 4.56. The Bertz CT molecular complexity index is 73.8. The Morgan fingerprint density at radius 3 is 2.20 bits per heavy atom. The van der Waals surface area contributed by atoms with E-state index in [-0.39, 0.29) is 0 Å². The van der Waals surface area contributed by atoms with E-state index >= 15 is 0 Å². The normalized spacial score (nSPS) is 12.0. The molecule has 0 aromatic carbocycles. The maximum absolute atomic E-state index is 4.08. The Labute approximate surface area is 74.0 Å². The van der Waals surface area contributed by atoms with E-state index < -0.39 is 0 Å². The monoisotopic (exact) mass is 178 g/mol. The molecule has 0 aliphatic rings. The summed E-state index contributed by atoms with van der Waals surface area (Å²) in [5, 5.41) is 0. The van der Waals surface area contributed by atoms with Crippen LogP contribution in [0.2, 0.25) is 0 Å². The Morgan fingerprint density at radius 2 is 1.80 bits per heavy atom. The fourth-order valence-corrected chi connectivity index (χ4v) is 1.54. The molecule has 0 aromatic heterocycles. The third-order valence-corrected chi connectivity index (χ3v) is 2.43. The molecule has 2 heteroatoms. The van der Waals surface area contributed by atoms with Crippen LogP contribution in [0.5, 0.6) is 0 Å². The summed E-state index contributed by atoms with van der Waals surface area (Å²) in [6.07, 6.45) is 3.99. The van der Waals surface area contributed by atoms with Gasteiger partial charge in [-0.25, -0.2) is 0 Å². The maximum Gasteiger partial charge on any atom is 0.00345 e. The Balaban J connectivity index is 3.04. The number of thiol groups is 1. The molecular weight excluding hydrogens is 160 g/mol. The topological polar surface area (TPSA) is 0 Å². The lowest BCUT2D eigenvalue weighted by Crippen LogP contribution is -2.04. The quantitative estimate of drug-likeness (QED) is 0.388. The Kier molecular flexibility index (Phi) is 5.74. The highest BCUT2D eigenvalue weighted by atomic mass is 33.1. The molecule has 0 heterocycles. The molecule has 0 aliphatic carbocycles. The average molecular weight is 178 g/mol. The molecule has 0 rings (SSSR count). The molecule has 0 N–H and O–H groups in total. The summed E-state index contributed by atoms with van der Waals surface area (Å²) in [5.41, 5.74) is 0.515. The van der Waals surface area contributed by atoms with Gasteiger partial charge < -0.3 is 0 Å². The van der Waals surface area contributed by atoms with Crippen LogP contribution >= 0.6 is 22.5 Å². The highest BCUT2D eigenvalue weighted by molar-refractivity contribution is 8.68. The van der Waals surface area contributed by atoms with Crippen molar-refractivity contribution in [3.63, 3.8) is 0 Å². The molecular formula is C8H18S2. The van der Waals surface area contributed by atoms with E-state index in [9.17, 15) is 0 Å². The highest BCUT2D eigenvalue weighted by Gasteiger charge is 2.08. The molecule has 62 valence electrons. The minimum absolute atomic E-state index is 0.515. The van der Waals surface area contributed by atoms with Gasteiger partial charge in [0.2, 0.25) is 0 Å². The first-order valence-corrected chi connectivity index (χ1v) is 5.86. The fourth-order valence-electron chi connectivity index (χ4n) is 0.822. The van der Waals surface area contributed by atoms with E-state index in [1.807, 2.05) is 0 Å². The minimum Gasteiger partial charge on any atom is -0.111 e. The molecule has 0 saturated carbocycles. The van der Waals surface area contributed by atoms with Crippen LogP contribution in [0.25, 0.3) is 0 Å². The summed E-state index contributed by atoms with van der Waals surface area (Å²) in [5.74, 6) is 1.19. The smallest absolute Gasteiger partial charge is 0.00345 e. The minimum atomic E-state index is 0.515. The van der Waals surface area contributed by atoms with Gasteiger partial charge in [-0.1, -0.05) is 38.0 Å². The van der Waals surface area contributed by atoms with Crippen molar-refractivity contribution in [2.45, 2.75) is 40.0 Å². The van der Waals surface area contributed by atoms with Gasteiger partial charge in [0.25, 0.3) is 0 Å². The molecule has 0 fully saturated rings. The van der Waals surface area contributed by atoms with Crippen molar-refractivity contribution < 1.29 is 0 Å². The highest BCUT2D eigenvalue weighted by Crippen LogP contribution is 2.22. The predicted octanol–water partition coefficient (Wildman–Crippen LogP) is 3.78. The van der Waals surface area contributed by atoms with Crippen LogP contribution in [0.3, 0.4) is 0 Å². The SMILES string of the molecule is CC(C)(C)CCCCSS. The van der Waals surface area contributed by atoms with Crippen molar-refractivity contribution in [2.75, 3.05) is 5.75 Å². The molecule has 10 heavy (non-hydrogen) atoms. The second kappa shape index (κ2) is 5.36. The van der Waals surface area contributed by atoms with Gasteiger partial charge in [-0.3, -0.25) is 0 Å². The molecule has 0 radical (unpaired) electrons. The van der Waals surface area contributed by atoms with Crippen LogP contribution < -0.4 is 0 Å². The average Bonchev–Trinajstić information content (AvgIpc) is 1.78. The van der Waals surface area contributed by atoms with Gasteiger partial charge in [-0.05, 0) is 18.3 Å². The van der Waals surface area contributed by atoms with Crippen molar-refractivity contribution >= 4 is 22.5 Å². The zero-order valence-electron chi connectivity index (χ0n) is 7.18. The lowest BCUT2D eigenvalue weighted by Gasteiger charge is -2.16. The molecule has 0 aliphatic heterocycles. The van der Waals surface area contributed by atoms with Crippen molar-refractivity contribution in [2.24, 2.45) is 5.41 Å². The molecule has 0 saturated heterocycles. The van der Waals surface area contributed by atoms with Gasteiger partial charge in [0, 0.05) is 5.75 Å². The molecule has 0 amide bonds. The summed E-state index contributed by atoms with van der Waals surface area (Å²) in [6, 6.07) is 0. The van der Waals surface area contributed by atoms with Gasteiger partial charge in [0.15, 0.2) is 0 Å². The predicted molar refractivity (Wildman–Crippen MR) is 54.8 cm³/mol. The standard InChI is InChI=1S/C8H18S2/c1-8(2,3)6-4-5-7-10-9/h9H,4-7H2,1-3H3. The fraction of sp³-hybridized carbons (Fsp3) is 1.00. The van der Waals surface area contributed by atoms with Crippen LogP contribution in [-0.4, -0.2) is 5.75 Å². The Hall–Kier alpha value is 0.700. The number of hydrogen-bond acceptors (Lipinski definition) is 2. The summed E-state index contributed by atoms with van der Waals surface area (Å²) in [4.78, 5) is 0. The second-order valence-electron chi connectivity index (χ2n) is 3.85. The lowest BCUT2D eigenvalue weighted by atomic mass is 9.90. The summed E-state index contributed by atoms with van der Waals surface area (Å²) < 4.78 is 0. The first kappa shape index (κ1) is 10.7. The summed E-state index contributed by atoms with van der Waals surface area (Å²) in [7, 11) is 1.65.